The van der Waals surface area contributed by atoms with E-state index >= 15 is 0 Å². The molecule has 1 saturated heterocycles. The molecule has 33 heavy (non-hydrogen) atoms. The number of para-hydroxylation sites is 1. The average Bonchev–Trinajstić information content (AvgIpc) is 3.14. The molecule has 3 aromatic rings. The predicted octanol–water partition coefficient (Wildman–Crippen LogP) is 2.61. The van der Waals surface area contributed by atoms with Gasteiger partial charge in [0.2, 0.25) is 11.7 Å². The quantitative estimate of drug-likeness (QED) is 0.629. The first-order chi connectivity index (χ1) is 16.0. The van der Waals surface area contributed by atoms with E-state index in [0.717, 1.165) is 24.2 Å². The second kappa shape index (κ2) is 10.4. The van der Waals surface area contributed by atoms with Crippen molar-refractivity contribution in [3.63, 3.8) is 0 Å². The van der Waals surface area contributed by atoms with Gasteiger partial charge in [0, 0.05) is 37.8 Å². The molecular weight excluding hydrogens is 416 g/mol. The van der Waals surface area contributed by atoms with Crippen LogP contribution in [0.25, 0.3) is 17.1 Å². The molecule has 0 aliphatic carbocycles. The van der Waals surface area contributed by atoms with E-state index in [1.165, 1.54) is 0 Å². The van der Waals surface area contributed by atoms with Crippen molar-refractivity contribution in [1.29, 1.82) is 0 Å². The van der Waals surface area contributed by atoms with Crippen molar-refractivity contribution < 1.29 is 9.59 Å². The fraction of sp³-hybridized carbons (Fsp3) is 0.360. The van der Waals surface area contributed by atoms with E-state index in [1.807, 2.05) is 74.5 Å². The molecule has 4 rings (SSSR count). The van der Waals surface area contributed by atoms with E-state index < -0.39 is 0 Å². The van der Waals surface area contributed by atoms with Crippen molar-refractivity contribution in [3.8, 4) is 17.1 Å². The highest BCUT2D eigenvalue weighted by atomic mass is 16.2. The third-order valence-electron chi connectivity index (χ3n) is 5.52. The van der Waals surface area contributed by atoms with Gasteiger partial charge in [-0.25, -0.2) is 9.67 Å². The van der Waals surface area contributed by atoms with Gasteiger partial charge in [0.15, 0.2) is 5.82 Å². The summed E-state index contributed by atoms with van der Waals surface area (Å²) >= 11 is 0. The number of rotatable bonds is 6. The van der Waals surface area contributed by atoms with Gasteiger partial charge in [-0.1, -0.05) is 48.5 Å². The van der Waals surface area contributed by atoms with Gasteiger partial charge in [-0.2, -0.15) is 0 Å². The summed E-state index contributed by atoms with van der Waals surface area (Å²) in [5.74, 6) is 0.645. The topological polar surface area (TPSA) is 83.4 Å². The van der Waals surface area contributed by atoms with Crippen LogP contribution in [-0.2, 0) is 4.79 Å². The summed E-state index contributed by atoms with van der Waals surface area (Å²) in [7, 11) is 0. The van der Waals surface area contributed by atoms with Crippen LogP contribution < -0.4 is 5.32 Å². The summed E-state index contributed by atoms with van der Waals surface area (Å²) in [4.78, 5) is 34.0. The summed E-state index contributed by atoms with van der Waals surface area (Å²) in [5.41, 5.74) is 1.74. The molecule has 1 aromatic heterocycles. The first kappa shape index (κ1) is 22.7. The van der Waals surface area contributed by atoms with Gasteiger partial charge in [0.05, 0.1) is 12.2 Å². The van der Waals surface area contributed by atoms with Gasteiger partial charge in [0.1, 0.15) is 0 Å². The molecule has 0 atom stereocenters. The Bertz CT molecular complexity index is 1020. The minimum atomic E-state index is -0.185. The van der Waals surface area contributed by atoms with Crippen molar-refractivity contribution in [2.24, 2.45) is 0 Å². The summed E-state index contributed by atoms with van der Waals surface area (Å²) < 4.78 is 1.73. The minimum Gasteiger partial charge on any atom is -0.353 e. The molecule has 172 valence electrons. The zero-order valence-electron chi connectivity index (χ0n) is 19.1. The van der Waals surface area contributed by atoms with E-state index in [2.05, 4.69) is 20.3 Å². The normalized spacial score (nSPS) is 14.8. The van der Waals surface area contributed by atoms with Crippen LogP contribution in [0.4, 0.5) is 0 Å². The summed E-state index contributed by atoms with van der Waals surface area (Å²) in [6.45, 7) is 6.81. The molecule has 2 amide bonds. The first-order valence-electron chi connectivity index (χ1n) is 11.4. The summed E-state index contributed by atoms with van der Waals surface area (Å²) in [5, 5.41) is 7.53. The molecule has 8 heteroatoms. The molecule has 1 fully saturated rings. The lowest BCUT2D eigenvalue weighted by Crippen LogP contribution is -2.42. The first-order valence-corrected chi connectivity index (χ1v) is 11.4. The highest BCUT2D eigenvalue weighted by Gasteiger charge is 2.26. The second-order valence-electron chi connectivity index (χ2n) is 8.52. The van der Waals surface area contributed by atoms with Crippen molar-refractivity contribution in [3.05, 3.63) is 66.5 Å². The number of nitrogens with one attached hydrogen (secondary N) is 1. The Balaban J connectivity index is 1.52. The number of benzene rings is 2. The maximum atomic E-state index is 13.3. The Morgan fingerprint density at radius 1 is 0.939 bits per heavy atom. The Morgan fingerprint density at radius 2 is 1.64 bits per heavy atom. The van der Waals surface area contributed by atoms with Crippen LogP contribution in [0.15, 0.2) is 60.7 Å². The zero-order valence-corrected chi connectivity index (χ0v) is 19.1. The fourth-order valence-electron chi connectivity index (χ4n) is 3.97. The van der Waals surface area contributed by atoms with Crippen molar-refractivity contribution in [1.82, 2.24) is 29.9 Å². The number of aromatic nitrogens is 3. The molecular formula is C25H30N6O2. The van der Waals surface area contributed by atoms with Crippen LogP contribution in [0.3, 0.4) is 0 Å². The number of nitrogens with zero attached hydrogens (tertiary/aromatic N) is 5. The number of carbonyl (C=O) groups excluding carboxylic acids is 2. The third-order valence-corrected chi connectivity index (χ3v) is 5.52. The Labute approximate surface area is 194 Å². The van der Waals surface area contributed by atoms with Crippen LogP contribution in [0, 0.1) is 0 Å². The average molecular weight is 447 g/mol. The van der Waals surface area contributed by atoms with Crippen LogP contribution in [0.2, 0.25) is 0 Å². The minimum absolute atomic E-state index is 0.0144. The van der Waals surface area contributed by atoms with Gasteiger partial charge in [-0.05, 0) is 32.4 Å². The Kier molecular flexibility index (Phi) is 7.14. The van der Waals surface area contributed by atoms with Gasteiger partial charge in [-0.3, -0.25) is 14.5 Å². The largest absolute Gasteiger partial charge is 0.353 e. The second-order valence-corrected chi connectivity index (χ2v) is 8.52. The molecule has 8 nitrogen and oxygen atoms in total. The molecule has 1 N–H and O–H groups in total. The van der Waals surface area contributed by atoms with Gasteiger partial charge in [0.25, 0.3) is 5.91 Å². The lowest BCUT2D eigenvalue weighted by molar-refractivity contribution is -0.122. The van der Waals surface area contributed by atoms with E-state index in [9.17, 15) is 9.59 Å². The molecule has 0 radical (unpaired) electrons. The zero-order chi connectivity index (χ0) is 23.2. The number of carbonyl (C=O) groups is 2. The van der Waals surface area contributed by atoms with E-state index in [1.54, 1.807) is 9.58 Å². The molecule has 0 saturated carbocycles. The van der Waals surface area contributed by atoms with Crippen LogP contribution >= 0.6 is 0 Å². The SMILES string of the molecule is CC(C)NC(=O)CN1CCCN(C(=O)c2nc(-c3ccccc3)n(-c3ccccc3)n2)CC1. The highest BCUT2D eigenvalue weighted by Crippen LogP contribution is 2.21. The lowest BCUT2D eigenvalue weighted by Gasteiger charge is -2.21. The third kappa shape index (κ3) is 5.64. The number of amides is 2. The van der Waals surface area contributed by atoms with Gasteiger partial charge < -0.3 is 10.2 Å². The Hall–Kier alpha value is -3.52. The maximum Gasteiger partial charge on any atom is 0.293 e. The van der Waals surface area contributed by atoms with E-state index in [4.69, 9.17) is 0 Å². The van der Waals surface area contributed by atoms with Crippen LogP contribution in [0.5, 0.6) is 0 Å². The van der Waals surface area contributed by atoms with Gasteiger partial charge in [-0.15, -0.1) is 5.10 Å². The molecule has 0 unspecified atom stereocenters. The predicted molar refractivity (Wildman–Crippen MR) is 127 cm³/mol. The van der Waals surface area contributed by atoms with Crippen LogP contribution in [0.1, 0.15) is 30.9 Å². The molecule has 1 aliphatic rings. The number of hydrogen-bond donors (Lipinski definition) is 1. The van der Waals surface area contributed by atoms with Crippen LogP contribution in [-0.4, -0.2) is 75.1 Å². The monoisotopic (exact) mass is 446 g/mol. The number of hydrogen-bond acceptors (Lipinski definition) is 5. The lowest BCUT2D eigenvalue weighted by atomic mass is 10.2. The standard InChI is InChI=1S/C25H30N6O2/c1-19(2)26-22(32)18-29-14-9-15-30(17-16-29)25(33)23-27-24(20-10-5-3-6-11-20)31(28-23)21-12-7-4-8-13-21/h3-8,10-13,19H,9,14-18H2,1-2H3,(H,26,32). The maximum absolute atomic E-state index is 13.3. The molecule has 0 spiro atoms. The van der Waals surface area contributed by atoms with E-state index in [0.29, 0.717) is 32.0 Å². The van der Waals surface area contributed by atoms with Crippen molar-refractivity contribution in [2.75, 3.05) is 32.7 Å². The molecule has 2 aromatic carbocycles. The smallest absolute Gasteiger partial charge is 0.293 e. The Morgan fingerprint density at radius 3 is 2.33 bits per heavy atom. The van der Waals surface area contributed by atoms with Crippen molar-refractivity contribution >= 4 is 11.8 Å². The fourth-order valence-corrected chi connectivity index (χ4v) is 3.97. The highest BCUT2D eigenvalue weighted by molar-refractivity contribution is 5.91. The summed E-state index contributed by atoms with van der Waals surface area (Å²) in [6.07, 6.45) is 0.797. The van der Waals surface area contributed by atoms with Crippen molar-refractivity contribution in [2.45, 2.75) is 26.3 Å². The molecule has 2 heterocycles. The van der Waals surface area contributed by atoms with Gasteiger partial charge >= 0.3 is 0 Å². The molecule has 0 bridgehead atoms. The molecule has 1 aliphatic heterocycles. The van der Waals surface area contributed by atoms with E-state index in [-0.39, 0.29) is 23.7 Å². The summed E-state index contributed by atoms with van der Waals surface area (Å²) in [6, 6.07) is 19.6.